The molecule has 0 fully saturated rings. The second-order valence-electron chi connectivity index (χ2n) is 3.90. The van der Waals surface area contributed by atoms with Gasteiger partial charge >= 0.3 is 0 Å². The first-order valence-corrected chi connectivity index (χ1v) is 5.75. The quantitative estimate of drug-likeness (QED) is 0.876. The minimum atomic E-state index is -0.390. The van der Waals surface area contributed by atoms with Gasteiger partial charge in [-0.05, 0) is 23.8 Å². The van der Waals surface area contributed by atoms with Crippen molar-refractivity contribution >= 4 is 5.91 Å². The van der Waals surface area contributed by atoms with Crippen molar-refractivity contribution in [1.82, 2.24) is 10.3 Å². The van der Waals surface area contributed by atoms with Crippen molar-refractivity contribution in [3.63, 3.8) is 0 Å². The Kier molecular flexibility index (Phi) is 3.97. The normalized spacial score (nSPS) is 9.95. The maximum absolute atomic E-state index is 12.0. The van der Waals surface area contributed by atoms with E-state index in [9.17, 15) is 9.90 Å². The van der Waals surface area contributed by atoms with Gasteiger partial charge in [-0.15, -0.1) is 0 Å². The third kappa shape index (κ3) is 3.01. The molecule has 19 heavy (non-hydrogen) atoms. The standard InChI is InChI=1S/C14H14N2O3/c1-19-12-6-2-5-11(17)13(12)14(18)16-9-10-4-3-7-15-8-10/h2-8,17H,9H2,1H3,(H,16,18). The van der Waals surface area contributed by atoms with Gasteiger partial charge in [0.25, 0.3) is 5.91 Å². The van der Waals surface area contributed by atoms with E-state index < -0.39 is 0 Å². The highest BCUT2D eigenvalue weighted by atomic mass is 16.5. The Labute approximate surface area is 110 Å². The van der Waals surface area contributed by atoms with E-state index in [1.165, 1.54) is 13.2 Å². The molecule has 1 aromatic carbocycles. The summed E-state index contributed by atoms with van der Waals surface area (Å²) in [5, 5.41) is 12.4. The number of hydrogen-bond acceptors (Lipinski definition) is 4. The lowest BCUT2D eigenvalue weighted by Crippen LogP contribution is -2.23. The van der Waals surface area contributed by atoms with Crippen LogP contribution in [0.25, 0.3) is 0 Å². The van der Waals surface area contributed by atoms with Crippen LogP contribution in [0.3, 0.4) is 0 Å². The molecule has 2 aromatic rings. The number of aromatic nitrogens is 1. The van der Waals surface area contributed by atoms with E-state index in [0.717, 1.165) is 5.56 Å². The van der Waals surface area contributed by atoms with E-state index in [-0.39, 0.29) is 17.2 Å². The number of carbonyl (C=O) groups is 1. The molecule has 0 saturated heterocycles. The molecule has 1 amide bonds. The second kappa shape index (κ2) is 5.86. The number of methoxy groups -OCH3 is 1. The molecular weight excluding hydrogens is 244 g/mol. The minimum Gasteiger partial charge on any atom is -0.507 e. The number of pyridine rings is 1. The van der Waals surface area contributed by atoms with Gasteiger partial charge in [0, 0.05) is 18.9 Å². The molecule has 0 spiro atoms. The van der Waals surface area contributed by atoms with E-state index in [2.05, 4.69) is 10.3 Å². The largest absolute Gasteiger partial charge is 0.507 e. The molecule has 5 heteroatoms. The molecular formula is C14H14N2O3. The summed E-state index contributed by atoms with van der Waals surface area (Å²) in [7, 11) is 1.45. The highest BCUT2D eigenvalue weighted by molar-refractivity contribution is 5.99. The predicted molar refractivity (Wildman–Crippen MR) is 70.1 cm³/mol. The minimum absolute atomic E-state index is 0.108. The van der Waals surface area contributed by atoms with E-state index in [4.69, 9.17) is 4.74 Å². The van der Waals surface area contributed by atoms with E-state index in [1.54, 1.807) is 30.6 Å². The van der Waals surface area contributed by atoms with Crippen molar-refractivity contribution in [3.05, 3.63) is 53.9 Å². The third-order valence-electron chi connectivity index (χ3n) is 2.63. The molecule has 0 saturated carbocycles. The van der Waals surface area contributed by atoms with Crippen LogP contribution in [0.5, 0.6) is 11.5 Å². The smallest absolute Gasteiger partial charge is 0.259 e. The number of aromatic hydroxyl groups is 1. The molecule has 0 aliphatic rings. The van der Waals surface area contributed by atoms with Gasteiger partial charge in [-0.25, -0.2) is 0 Å². The molecule has 0 aliphatic heterocycles. The van der Waals surface area contributed by atoms with Crippen molar-refractivity contribution in [1.29, 1.82) is 0 Å². The summed E-state index contributed by atoms with van der Waals surface area (Å²) < 4.78 is 5.07. The second-order valence-corrected chi connectivity index (χ2v) is 3.90. The van der Waals surface area contributed by atoms with Crippen LogP contribution in [0.1, 0.15) is 15.9 Å². The fourth-order valence-corrected chi connectivity index (χ4v) is 1.69. The molecule has 0 bridgehead atoms. The van der Waals surface area contributed by atoms with Crippen LogP contribution in [0.2, 0.25) is 0 Å². The number of phenols is 1. The van der Waals surface area contributed by atoms with Crippen LogP contribution >= 0.6 is 0 Å². The topological polar surface area (TPSA) is 71.5 Å². The van der Waals surface area contributed by atoms with Gasteiger partial charge in [0.05, 0.1) is 7.11 Å². The zero-order valence-electron chi connectivity index (χ0n) is 10.5. The van der Waals surface area contributed by atoms with Crippen molar-refractivity contribution < 1.29 is 14.6 Å². The van der Waals surface area contributed by atoms with Crippen molar-refractivity contribution in [2.45, 2.75) is 6.54 Å². The fourth-order valence-electron chi connectivity index (χ4n) is 1.69. The van der Waals surface area contributed by atoms with Gasteiger partial charge < -0.3 is 15.2 Å². The first kappa shape index (κ1) is 12.9. The number of amides is 1. The molecule has 1 aromatic heterocycles. The lowest BCUT2D eigenvalue weighted by Gasteiger charge is -2.10. The summed E-state index contributed by atoms with van der Waals surface area (Å²) in [6, 6.07) is 8.34. The lowest BCUT2D eigenvalue weighted by molar-refractivity contribution is 0.0945. The summed E-state index contributed by atoms with van der Waals surface area (Å²) in [5.41, 5.74) is 1.01. The molecule has 2 rings (SSSR count). The summed E-state index contributed by atoms with van der Waals surface area (Å²) in [6.45, 7) is 0.337. The number of nitrogens with zero attached hydrogens (tertiary/aromatic N) is 1. The van der Waals surface area contributed by atoms with Crippen LogP contribution < -0.4 is 10.1 Å². The van der Waals surface area contributed by atoms with Crippen LogP contribution in [0, 0.1) is 0 Å². The van der Waals surface area contributed by atoms with Crippen LogP contribution in [-0.4, -0.2) is 23.1 Å². The zero-order chi connectivity index (χ0) is 13.7. The van der Waals surface area contributed by atoms with E-state index >= 15 is 0 Å². The Morgan fingerprint density at radius 2 is 2.21 bits per heavy atom. The molecule has 1 heterocycles. The third-order valence-corrected chi connectivity index (χ3v) is 2.63. The molecule has 0 atom stereocenters. The van der Waals surface area contributed by atoms with Gasteiger partial charge in [0.15, 0.2) is 0 Å². The van der Waals surface area contributed by atoms with Crippen LogP contribution in [0.4, 0.5) is 0 Å². The van der Waals surface area contributed by atoms with Crippen LogP contribution in [-0.2, 0) is 6.54 Å². The Morgan fingerprint density at radius 1 is 1.37 bits per heavy atom. The number of phenolic OH excluding ortho intramolecular Hbond substituents is 1. The molecule has 0 aliphatic carbocycles. The summed E-state index contributed by atoms with van der Waals surface area (Å²) >= 11 is 0. The van der Waals surface area contributed by atoms with Crippen molar-refractivity contribution in [2.75, 3.05) is 7.11 Å². The summed E-state index contributed by atoms with van der Waals surface area (Å²) in [4.78, 5) is 16.0. The van der Waals surface area contributed by atoms with Gasteiger partial charge in [0.2, 0.25) is 0 Å². The van der Waals surface area contributed by atoms with E-state index in [0.29, 0.717) is 12.3 Å². The first-order valence-electron chi connectivity index (χ1n) is 5.75. The number of carbonyl (C=O) groups excluding carboxylic acids is 1. The number of hydrogen-bond donors (Lipinski definition) is 2. The summed E-state index contributed by atoms with van der Waals surface area (Å²) in [6.07, 6.45) is 3.33. The zero-order valence-corrected chi connectivity index (χ0v) is 10.5. The molecule has 0 radical (unpaired) electrons. The SMILES string of the molecule is COc1cccc(O)c1C(=O)NCc1cccnc1. The molecule has 5 nitrogen and oxygen atoms in total. The monoisotopic (exact) mass is 258 g/mol. The van der Waals surface area contributed by atoms with Crippen LogP contribution in [0.15, 0.2) is 42.7 Å². The first-order chi connectivity index (χ1) is 9.22. The van der Waals surface area contributed by atoms with Crippen molar-refractivity contribution in [3.8, 4) is 11.5 Å². The Bertz CT molecular complexity index is 570. The van der Waals surface area contributed by atoms with Gasteiger partial charge in [-0.1, -0.05) is 12.1 Å². The maximum atomic E-state index is 12.0. The Morgan fingerprint density at radius 3 is 2.89 bits per heavy atom. The average molecular weight is 258 g/mol. The fraction of sp³-hybridized carbons (Fsp3) is 0.143. The van der Waals surface area contributed by atoms with Crippen molar-refractivity contribution in [2.24, 2.45) is 0 Å². The van der Waals surface area contributed by atoms with Gasteiger partial charge in [0.1, 0.15) is 17.1 Å². The Hall–Kier alpha value is -2.56. The van der Waals surface area contributed by atoms with E-state index in [1.807, 2.05) is 6.07 Å². The highest BCUT2D eigenvalue weighted by Crippen LogP contribution is 2.26. The maximum Gasteiger partial charge on any atom is 0.259 e. The predicted octanol–water partition coefficient (Wildman–Crippen LogP) is 1.73. The van der Waals surface area contributed by atoms with Gasteiger partial charge in [-0.3, -0.25) is 9.78 Å². The highest BCUT2D eigenvalue weighted by Gasteiger charge is 2.16. The number of benzene rings is 1. The Balaban J connectivity index is 2.12. The molecule has 98 valence electrons. The number of rotatable bonds is 4. The number of ether oxygens (including phenoxy) is 1. The molecule has 2 N–H and O–H groups in total. The lowest BCUT2D eigenvalue weighted by atomic mass is 10.1. The number of nitrogens with one attached hydrogen (secondary N) is 1. The molecule has 0 unspecified atom stereocenters. The average Bonchev–Trinajstić information content (AvgIpc) is 2.45. The van der Waals surface area contributed by atoms with Gasteiger partial charge in [-0.2, -0.15) is 0 Å². The summed E-state index contributed by atoms with van der Waals surface area (Å²) in [5.74, 6) is -0.162.